The predicted molar refractivity (Wildman–Crippen MR) is 42.2 cm³/mol. The van der Waals surface area contributed by atoms with Gasteiger partial charge in [-0.05, 0) is 31.8 Å². The quantitative estimate of drug-likeness (QED) is 0.560. The van der Waals surface area contributed by atoms with E-state index in [9.17, 15) is 4.79 Å². The zero-order chi connectivity index (χ0) is 7.68. The highest BCUT2D eigenvalue weighted by atomic mass is 16.1. The first-order valence-corrected chi connectivity index (χ1v) is 4.32. The molecular formula is C8H14N2O. The molecule has 0 spiro atoms. The minimum absolute atomic E-state index is 0.440. The Balaban J connectivity index is 1.97. The monoisotopic (exact) mass is 154 g/mol. The van der Waals surface area contributed by atoms with Crippen LogP contribution in [0.2, 0.25) is 0 Å². The lowest BCUT2D eigenvalue weighted by Gasteiger charge is -2.44. The highest BCUT2D eigenvalue weighted by Gasteiger charge is 2.33. The fraction of sp³-hybridized carbons (Fsp3) is 0.875. The van der Waals surface area contributed by atoms with Crippen molar-refractivity contribution in [2.45, 2.75) is 18.9 Å². The first-order valence-electron chi connectivity index (χ1n) is 4.32. The molecule has 0 unspecified atom stereocenters. The summed E-state index contributed by atoms with van der Waals surface area (Å²) in [6, 6.07) is 0.440. The lowest BCUT2D eigenvalue weighted by Crippen LogP contribution is -2.55. The van der Waals surface area contributed by atoms with Gasteiger partial charge in [0, 0.05) is 12.6 Å². The minimum atomic E-state index is 0.440. The van der Waals surface area contributed by atoms with E-state index >= 15 is 0 Å². The van der Waals surface area contributed by atoms with Gasteiger partial charge in [0.1, 0.15) is 0 Å². The Morgan fingerprint density at radius 1 is 1.36 bits per heavy atom. The molecule has 3 heteroatoms. The summed E-state index contributed by atoms with van der Waals surface area (Å²) in [6.45, 7) is 3.55. The van der Waals surface area contributed by atoms with Gasteiger partial charge in [0.2, 0.25) is 6.41 Å². The Hall–Kier alpha value is -0.570. The van der Waals surface area contributed by atoms with E-state index in [1.165, 1.54) is 25.9 Å². The van der Waals surface area contributed by atoms with Crippen LogP contribution in [-0.4, -0.2) is 37.0 Å². The molecule has 1 N–H and O–H groups in total. The van der Waals surface area contributed by atoms with Gasteiger partial charge in [-0.2, -0.15) is 0 Å². The molecule has 0 saturated carbocycles. The lowest BCUT2D eigenvalue weighted by molar-refractivity contribution is -0.111. The number of amides is 1. The van der Waals surface area contributed by atoms with Crippen molar-refractivity contribution >= 4 is 6.41 Å². The molecule has 0 aromatic rings. The molecule has 1 atom stereocenters. The van der Waals surface area contributed by atoms with Crippen LogP contribution in [-0.2, 0) is 4.79 Å². The van der Waals surface area contributed by atoms with Crippen LogP contribution in [0.15, 0.2) is 0 Å². The molecule has 0 radical (unpaired) electrons. The van der Waals surface area contributed by atoms with Gasteiger partial charge in [0.15, 0.2) is 0 Å². The maximum Gasteiger partial charge on any atom is 0.207 e. The summed E-state index contributed by atoms with van der Waals surface area (Å²) in [5, 5.41) is 2.89. The second kappa shape index (κ2) is 2.81. The third-order valence-corrected chi connectivity index (χ3v) is 2.94. The minimum Gasteiger partial charge on any atom is -0.354 e. The molecule has 2 bridgehead atoms. The number of nitrogens with zero attached hydrogens (tertiary/aromatic N) is 1. The molecule has 1 amide bonds. The summed E-state index contributed by atoms with van der Waals surface area (Å²) in [7, 11) is 0. The Bertz CT molecular complexity index is 152. The molecule has 11 heavy (non-hydrogen) atoms. The van der Waals surface area contributed by atoms with Crippen molar-refractivity contribution in [2.75, 3.05) is 19.6 Å². The van der Waals surface area contributed by atoms with Crippen LogP contribution in [0.1, 0.15) is 12.8 Å². The molecule has 3 fully saturated rings. The zero-order valence-electron chi connectivity index (χ0n) is 6.62. The number of hydrogen-bond donors (Lipinski definition) is 1. The summed E-state index contributed by atoms with van der Waals surface area (Å²) in [5.74, 6) is 0.755. The van der Waals surface area contributed by atoms with Crippen molar-refractivity contribution < 1.29 is 4.79 Å². The Labute approximate surface area is 66.8 Å². The van der Waals surface area contributed by atoms with E-state index in [0.29, 0.717) is 6.04 Å². The topological polar surface area (TPSA) is 32.3 Å². The maximum atomic E-state index is 10.2. The molecule has 0 aromatic carbocycles. The third kappa shape index (κ3) is 1.25. The summed E-state index contributed by atoms with van der Waals surface area (Å²) in [5.41, 5.74) is 0. The first-order chi connectivity index (χ1) is 5.40. The van der Waals surface area contributed by atoms with Gasteiger partial charge >= 0.3 is 0 Å². The normalized spacial score (nSPS) is 42.0. The van der Waals surface area contributed by atoms with Crippen molar-refractivity contribution in [2.24, 2.45) is 5.92 Å². The van der Waals surface area contributed by atoms with E-state index in [-0.39, 0.29) is 0 Å². The van der Waals surface area contributed by atoms with Gasteiger partial charge in [-0.3, -0.25) is 4.79 Å². The summed E-state index contributed by atoms with van der Waals surface area (Å²) in [6.07, 6.45) is 3.38. The highest BCUT2D eigenvalue weighted by Crippen LogP contribution is 2.26. The number of nitrogens with one attached hydrogen (secondary N) is 1. The average Bonchev–Trinajstić information content (AvgIpc) is 2.07. The molecule has 3 rings (SSSR count). The highest BCUT2D eigenvalue weighted by molar-refractivity contribution is 5.46. The van der Waals surface area contributed by atoms with Crippen LogP contribution in [0.5, 0.6) is 0 Å². The summed E-state index contributed by atoms with van der Waals surface area (Å²) >= 11 is 0. The van der Waals surface area contributed by atoms with E-state index in [1.54, 1.807) is 0 Å². The Morgan fingerprint density at radius 2 is 2.09 bits per heavy atom. The lowest BCUT2D eigenvalue weighted by atomic mass is 9.84. The van der Waals surface area contributed by atoms with Gasteiger partial charge in [0.25, 0.3) is 0 Å². The zero-order valence-corrected chi connectivity index (χ0v) is 6.62. The Kier molecular flexibility index (Phi) is 1.82. The fourth-order valence-electron chi connectivity index (χ4n) is 2.24. The van der Waals surface area contributed by atoms with Gasteiger partial charge in [-0.25, -0.2) is 0 Å². The molecule has 62 valence electrons. The average molecular weight is 154 g/mol. The second-order valence-electron chi connectivity index (χ2n) is 3.53. The van der Waals surface area contributed by atoms with Gasteiger partial charge < -0.3 is 10.2 Å². The smallest absolute Gasteiger partial charge is 0.207 e. The van der Waals surface area contributed by atoms with Gasteiger partial charge in [-0.1, -0.05) is 0 Å². The van der Waals surface area contributed by atoms with Crippen LogP contribution < -0.4 is 5.32 Å². The first kappa shape index (κ1) is 7.10. The van der Waals surface area contributed by atoms with Crippen LogP contribution in [0.25, 0.3) is 0 Å². The fourth-order valence-corrected chi connectivity index (χ4v) is 2.24. The van der Waals surface area contributed by atoms with Crippen molar-refractivity contribution in [3.8, 4) is 0 Å². The number of piperidine rings is 3. The number of carbonyl (C=O) groups is 1. The SMILES string of the molecule is O=CN[C@@H]1CN2CCC1CC2. The van der Waals surface area contributed by atoms with Gasteiger partial charge in [-0.15, -0.1) is 0 Å². The molecular weight excluding hydrogens is 140 g/mol. The van der Waals surface area contributed by atoms with E-state index in [1.807, 2.05) is 0 Å². The van der Waals surface area contributed by atoms with E-state index in [4.69, 9.17) is 0 Å². The number of carbonyl (C=O) groups excluding carboxylic acids is 1. The van der Waals surface area contributed by atoms with Crippen molar-refractivity contribution in [3.63, 3.8) is 0 Å². The van der Waals surface area contributed by atoms with Crippen molar-refractivity contribution in [1.82, 2.24) is 10.2 Å². The number of rotatable bonds is 2. The van der Waals surface area contributed by atoms with E-state index in [0.717, 1.165) is 18.9 Å². The van der Waals surface area contributed by atoms with Crippen LogP contribution in [0.3, 0.4) is 0 Å². The summed E-state index contributed by atoms with van der Waals surface area (Å²) < 4.78 is 0. The van der Waals surface area contributed by atoms with Crippen LogP contribution in [0.4, 0.5) is 0 Å². The second-order valence-corrected chi connectivity index (χ2v) is 3.53. The van der Waals surface area contributed by atoms with E-state index < -0.39 is 0 Å². The molecule has 3 aliphatic heterocycles. The standard InChI is InChI=1S/C8H14N2O/c11-6-9-8-5-10-3-1-7(8)2-4-10/h6-8H,1-5H2,(H,9,11)/t8-/m1/s1. The third-order valence-electron chi connectivity index (χ3n) is 2.94. The molecule has 3 nitrogen and oxygen atoms in total. The molecule has 0 aromatic heterocycles. The molecule has 3 saturated heterocycles. The molecule has 0 aliphatic carbocycles. The van der Waals surface area contributed by atoms with Crippen LogP contribution in [0, 0.1) is 5.92 Å². The van der Waals surface area contributed by atoms with Gasteiger partial charge in [0.05, 0.1) is 0 Å². The number of hydrogen-bond acceptors (Lipinski definition) is 2. The van der Waals surface area contributed by atoms with E-state index in [2.05, 4.69) is 10.2 Å². The maximum absolute atomic E-state index is 10.2. The molecule has 3 heterocycles. The van der Waals surface area contributed by atoms with Crippen molar-refractivity contribution in [1.29, 1.82) is 0 Å². The number of fused-ring (bicyclic) bond motifs is 3. The van der Waals surface area contributed by atoms with Crippen LogP contribution >= 0.6 is 0 Å². The molecule has 3 aliphatic rings. The largest absolute Gasteiger partial charge is 0.354 e. The predicted octanol–water partition coefficient (Wildman–Crippen LogP) is -0.173. The van der Waals surface area contributed by atoms with Crippen molar-refractivity contribution in [3.05, 3.63) is 0 Å². The summed E-state index contributed by atoms with van der Waals surface area (Å²) in [4.78, 5) is 12.7. The Morgan fingerprint density at radius 3 is 2.55 bits per heavy atom.